The summed E-state index contributed by atoms with van der Waals surface area (Å²) in [6.07, 6.45) is 6.60. The molecule has 0 bridgehead atoms. The highest BCUT2D eigenvalue weighted by molar-refractivity contribution is 7.90. The van der Waals surface area contributed by atoms with Crippen molar-refractivity contribution in [3.05, 3.63) is 46.8 Å². The molecule has 0 aliphatic rings. The van der Waals surface area contributed by atoms with Crippen LogP contribution < -0.4 is 14.3 Å². The van der Waals surface area contributed by atoms with Crippen LogP contribution in [-0.2, 0) is 16.4 Å². The van der Waals surface area contributed by atoms with Gasteiger partial charge < -0.3 is 14.0 Å². The second-order valence-corrected chi connectivity index (χ2v) is 9.03. The minimum atomic E-state index is -3.44. The third-order valence-electron chi connectivity index (χ3n) is 4.15. The number of terminal acetylenes is 1. The molecule has 0 unspecified atom stereocenters. The van der Waals surface area contributed by atoms with E-state index in [4.69, 9.17) is 15.9 Å². The van der Waals surface area contributed by atoms with Crippen molar-refractivity contribution in [3.63, 3.8) is 0 Å². The number of carbonyl (C=O) groups excluding carboxylic acids is 1. The Morgan fingerprint density at radius 1 is 1.21 bits per heavy atom. The van der Waals surface area contributed by atoms with Gasteiger partial charge >= 0.3 is 0 Å². The number of aromatic nitrogens is 1. The SMILES string of the molecule is C#CCn1c(=NC(=O)c2cccc(S(C)(=O)=O)c2)sc2c(OC)ccc(OC)c21. The lowest BCUT2D eigenvalue weighted by Gasteiger charge is -2.08. The van der Waals surface area contributed by atoms with Gasteiger partial charge in [-0.05, 0) is 30.3 Å². The zero-order valence-corrected chi connectivity index (χ0v) is 17.6. The molecule has 1 aromatic heterocycles. The lowest BCUT2D eigenvalue weighted by molar-refractivity contribution is 0.0997. The van der Waals surface area contributed by atoms with Crippen LogP contribution in [-0.4, -0.2) is 39.4 Å². The molecule has 9 heteroatoms. The summed E-state index contributed by atoms with van der Waals surface area (Å²) in [4.78, 5) is 17.4. The summed E-state index contributed by atoms with van der Waals surface area (Å²) < 4.78 is 36.8. The standard InChI is InChI=1S/C20H18N2O5S2/c1-5-11-22-17-15(26-2)9-10-16(27-3)18(17)28-20(22)21-19(23)13-7-6-8-14(12-13)29(4,24)25/h1,6-10,12H,11H2,2-4H3. The number of hydrogen-bond donors (Lipinski definition) is 0. The maximum absolute atomic E-state index is 12.8. The molecule has 0 N–H and O–H groups in total. The minimum Gasteiger partial charge on any atom is -0.495 e. The average molecular weight is 431 g/mol. The number of sulfone groups is 1. The van der Waals surface area contributed by atoms with Crippen LogP contribution in [0.4, 0.5) is 0 Å². The quantitative estimate of drug-likeness (QED) is 0.581. The normalized spacial score (nSPS) is 12.0. The summed E-state index contributed by atoms with van der Waals surface area (Å²) in [7, 11) is -0.357. The highest BCUT2D eigenvalue weighted by Crippen LogP contribution is 2.35. The van der Waals surface area contributed by atoms with Gasteiger partial charge in [0.1, 0.15) is 21.7 Å². The van der Waals surface area contributed by atoms with Crippen LogP contribution >= 0.6 is 11.3 Å². The third kappa shape index (κ3) is 4.04. The van der Waals surface area contributed by atoms with Crippen molar-refractivity contribution in [2.24, 2.45) is 4.99 Å². The lowest BCUT2D eigenvalue weighted by Crippen LogP contribution is -2.17. The first-order valence-electron chi connectivity index (χ1n) is 8.37. The summed E-state index contributed by atoms with van der Waals surface area (Å²) in [6, 6.07) is 9.27. The maximum atomic E-state index is 12.8. The number of rotatable bonds is 5. The number of nitrogens with zero attached hydrogens (tertiary/aromatic N) is 2. The van der Waals surface area contributed by atoms with E-state index in [1.165, 1.54) is 42.7 Å². The molecule has 3 aromatic rings. The molecular formula is C20H18N2O5S2. The molecule has 1 heterocycles. The maximum Gasteiger partial charge on any atom is 0.279 e. The second-order valence-electron chi connectivity index (χ2n) is 6.04. The fraction of sp³-hybridized carbons (Fsp3) is 0.200. The second kappa shape index (κ2) is 8.11. The first-order valence-corrected chi connectivity index (χ1v) is 11.1. The van der Waals surface area contributed by atoms with Crippen LogP contribution in [0.5, 0.6) is 11.5 Å². The molecule has 0 saturated carbocycles. The van der Waals surface area contributed by atoms with Gasteiger partial charge in [-0.1, -0.05) is 23.3 Å². The Labute approximate surface area is 172 Å². The van der Waals surface area contributed by atoms with Gasteiger partial charge in [-0.15, -0.1) is 6.42 Å². The predicted octanol–water partition coefficient (Wildman–Crippen LogP) is 2.50. The van der Waals surface area contributed by atoms with Crippen LogP contribution in [0.3, 0.4) is 0 Å². The fourth-order valence-electron chi connectivity index (χ4n) is 2.79. The first kappa shape index (κ1) is 20.6. The fourth-order valence-corrected chi connectivity index (χ4v) is 4.59. The van der Waals surface area contributed by atoms with Gasteiger partial charge in [0.15, 0.2) is 14.6 Å². The van der Waals surface area contributed by atoms with E-state index < -0.39 is 15.7 Å². The number of amides is 1. The molecule has 0 fully saturated rings. The molecule has 3 rings (SSSR count). The molecule has 0 radical (unpaired) electrons. The number of methoxy groups -OCH3 is 2. The van der Waals surface area contributed by atoms with Crippen LogP contribution in [0.15, 0.2) is 46.3 Å². The smallest absolute Gasteiger partial charge is 0.279 e. The van der Waals surface area contributed by atoms with E-state index in [9.17, 15) is 13.2 Å². The summed E-state index contributed by atoms with van der Waals surface area (Å²) in [5, 5.41) is 0. The van der Waals surface area contributed by atoms with E-state index in [1.807, 2.05) is 0 Å². The van der Waals surface area contributed by atoms with E-state index in [0.717, 1.165) is 11.0 Å². The number of ether oxygens (including phenoxy) is 2. The van der Waals surface area contributed by atoms with Gasteiger partial charge in [-0.25, -0.2) is 8.42 Å². The first-order chi connectivity index (χ1) is 13.8. The number of hydrogen-bond acceptors (Lipinski definition) is 6. The van der Waals surface area contributed by atoms with Crippen LogP contribution in [0, 0.1) is 12.3 Å². The third-order valence-corrected chi connectivity index (χ3v) is 6.35. The molecule has 1 amide bonds. The molecule has 29 heavy (non-hydrogen) atoms. The van der Waals surface area contributed by atoms with E-state index in [-0.39, 0.29) is 17.0 Å². The molecule has 0 saturated heterocycles. The molecule has 0 spiro atoms. The van der Waals surface area contributed by atoms with Crippen molar-refractivity contribution in [1.29, 1.82) is 0 Å². The highest BCUT2D eigenvalue weighted by Gasteiger charge is 2.17. The van der Waals surface area contributed by atoms with Crippen molar-refractivity contribution >= 4 is 37.3 Å². The van der Waals surface area contributed by atoms with Crippen molar-refractivity contribution in [3.8, 4) is 23.8 Å². The van der Waals surface area contributed by atoms with Crippen molar-refractivity contribution < 1.29 is 22.7 Å². The van der Waals surface area contributed by atoms with E-state index in [1.54, 1.807) is 23.8 Å². The molecule has 0 aliphatic carbocycles. The number of carbonyl (C=O) groups is 1. The Balaban J connectivity index is 2.24. The highest BCUT2D eigenvalue weighted by atomic mass is 32.2. The van der Waals surface area contributed by atoms with Gasteiger partial charge in [0.2, 0.25) is 0 Å². The Morgan fingerprint density at radius 3 is 2.52 bits per heavy atom. The summed E-state index contributed by atoms with van der Waals surface area (Å²) in [5.74, 6) is 3.15. The summed E-state index contributed by atoms with van der Waals surface area (Å²) >= 11 is 1.23. The Kier molecular flexibility index (Phi) is 5.77. The molecule has 0 atom stereocenters. The Hall–Kier alpha value is -3.09. The topological polar surface area (TPSA) is 87.0 Å². The van der Waals surface area contributed by atoms with Crippen molar-refractivity contribution in [2.45, 2.75) is 11.4 Å². The predicted molar refractivity (Wildman–Crippen MR) is 111 cm³/mol. The van der Waals surface area contributed by atoms with E-state index >= 15 is 0 Å². The summed E-state index contributed by atoms with van der Waals surface area (Å²) in [5.41, 5.74) is 0.836. The summed E-state index contributed by atoms with van der Waals surface area (Å²) in [6.45, 7) is 0.166. The molecule has 0 aliphatic heterocycles. The van der Waals surface area contributed by atoms with Crippen LogP contribution in [0.1, 0.15) is 10.4 Å². The van der Waals surface area contributed by atoms with Gasteiger partial charge in [-0.2, -0.15) is 4.99 Å². The molecule has 2 aromatic carbocycles. The number of fused-ring (bicyclic) bond motifs is 1. The number of benzene rings is 2. The Bertz CT molecular complexity index is 1310. The van der Waals surface area contributed by atoms with Crippen molar-refractivity contribution in [1.82, 2.24) is 4.57 Å². The van der Waals surface area contributed by atoms with E-state index in [0.29, 0.717) is 21.8 Å². The van der Waals surface area contributed by atoms with E-state index in [2.05, 4.69) is 10.9 Å². The Morgan fingerprint density at radius 2 is 1.90 bits per heavy atom. The van der Waals surface area contributed by atoms with Gasteiger partial charge in [0, 0.05) is 11.8 Å². The monoisotopic (exact) mass is 430 g/mol. The lowest BCUT2D eigenvalue weighted by atomic mass is 10.2. The van der Waals surface area contributed by atoms with Crippen LogP contribution in [0.2, 0.25) is 0 Å². The average Bonchev–Trinajstić information content (AvgIpc) is 3.05. The molecule has 150 valence electrons. The zero-order chi connectivity index (χ0) is 21.2. The molecule has 7 nitrogen and oxygen atoms in total. The van der Waals surface area contributed by atoms with Gasteiger partial charge in [0.05, 0.1) is 25.7 Å². The van der Waals surface area contributed by atoms with Crippen molar-refractivity contribution in [2.75, 3.05) is 20.5 Å². The van der Waals surface area contributed by atoms with Crippen LogP contribution in [0.25, 0.3) is 10.2 Å². The van der Waals surface area contributed by atoms with Gasteiger partial charge in [0.25, 0.3) is 5.91 Å². The zero-order valence-electron chi connectivity index (χ0n) is 16.0. The largest absolute Gasteiger partial charge is 0.495 e. The van der Waals surface area contributed by atoms with Gasteiger partial charge in [-0.3, -0.25) is 4.79 Å². The minimum absolute atomic E-state index is 0.0507. The molecular weight excluding hydrogens is 412 g/mol. The number of thiazole rings is 1.